The van der Waals surface area contributed by atoms with Crippen molar-refractivity contribution >= 4 is 0 Å². The summed E-state index contributed by atoms with van der Waals surface area (Å²) in [5.74, 6) is 0.692. The summed E-state index contributed by atoms with van der Waals surface area (Å²) in [5.41, 5.74) is 0.609. The van der Waals surface area contributed by atoms with Gasteiger partial charge in [-0.15, -0.1) is 0 Å². The molecule has 0 aromatic heterocycles. The molecule has 0 amide bonds. The van der Waals surface area contributed by atoms with Crippen molar-refractivity contribution < 1.29 is 4.74 Å². The highest BCUT2D eigenvalue weighted by atomic mass is 16.5. The highest BCUT2D eigenvalue weighted by Crippen LogP contribution is 2.16. The van der Waals surface area contributed by atoms with E-state index in [0.717, 1.165) is 26.2 Å². The second-order valence-electron chi connectivity index (χ2n) is 4.95. The first-order valence-corrected chi connectivity index (χ1v) is 6.82. The zero-order valence-corrected chi connectivity index (χ0v) is 11.5. The van der Waals surface area contributed by atoms with Crippen molar-refractivity contribution in [3.05, 3.63) is 29.8 Å². The van der Waals surface area contributed by atoms with E-state index >= 15 is 0 Å². The minimum atomic E-state index is 0.609. The molecule has 0 radical (unpaired) electrons. The highest BCUT2D eigenvalue weighted by Gasteiger charge is 2.11. The van der Waals surface area contributed by atoms with Crippen molar-refractivity contribution in [2.24, 2.45) is 0 Å². The Labute approximate surface area is 115 Å². The van der Waals surface area contributed by atoms with Gasteiger partial charge in [0, 0.05) is 19.6 Å². The second-order valence-corrected chi connectivity index (χ2v) is 4.95. The fourth-order valence-electron chi connectivity index (χ4n) is 2.29. The van der Waals surface area contributed by atoms with Gasteiger partial charge in [-0.1, -0.05) is 12.1 Å². The third-order valence-corrected chi connectivity index (χ3v) is 3.48. The maximum absolute atomic E-state index is 8.99. The van der Waals surface area contributed by atoms with Crippen LogP contribution in [0.15, 0.2) is 24.3 Å². The molecular weight excluding hydrogens is 238 g/mol. The normalized spacial score (nSPS) is 17.7. The van der Waals surface area contributed by atoms with Crippen molar-refractivity contribution in [1.82, 2.24) is 9.80 Å². The molecule has 4 heteroatoms. The Bertz CT molecular complexity index is 441. The number of benzene rings is 1. The monoisotopic (exact) mass is 259 g/mol. The number of nitrogens with zero attached hydrogens (tertiary/aromatic N) is 3. The molecule has 2 rings (SSSR count). The van der Waals surface area contributed by atoms with Crippen LogP contribution < -0.4 is 4.74 Å². The van der Waals surface area contributed by atoms with E-state index in [1.807, 2.05) is 18.2 Å². The molecule has 0 aliphatic carbocycles. The molecule has 0 bridgehead atoms. The van der Waals surface area contributed by atoms with Gasteiger partial charge in [-0.25, -0.2) is 0 Å². The molecule has 0 atom stereocenters. The van der Waals surface area contributed by atoms with E-state index in [2.05, 4.69) is 22.9 Å². The number of ether oxygens (including phenoxy) is 1. The van der Waals surface area contributed by atoms with Gasteiger partial charge >= 0.3 is 0 Å². The Balaban J connectivity index is 1.78. The van der Waals surface area contributed by atoms with Gasteiger partial charge in [0.1, 0.15) is 18.4 Å². The van der Waals surface area contributed by atoms with Gasteiger partial charge in [-0.05, 0) is 38.7 Å². The molecule has 0 N–H and O–H groups in total. The molecule has 1 aliphatic heterocycles. The molecular formula is C15H21N3O. The van der Waals surface area contributed by atoms with Gasteiger partial charge in [0.25, 0.3) is 0 Å². The number of nitriles is 1. The second kappa shape index (κ2) is 7.13. The summed E-state index contributed by atoms with van der Waals surface area (Å²) in [4.78, 5) is 4.80. The molecule has 1 aromatic carbocycles. The number of hydrogen-bond acceptors (Lipinski definition) is 4. The van der Waals surface area contributed by atoms with Crippen LogP contribution in [0.1, 0.15) is 12.0 Å². The van der Waals surface area contributed by atoms with Crippen molar-refractivity contribution in [1.29, 1.82) is 5.26 Å². The standard InChI is InChI=1S/C15H21N3O/c1-17-7-4-8-18(10-9-17)11-12-19-15-6-3-2-5-14(15)13-16/h2-3,5-6H,4,7-12H2,1H3. The third-order valence-electron chi connectivity index (χ3n) is 3.48. The SMILES string of the molecule is CN1CCCN(CCOc2ccccc2C#N)CC1. The maximum Gasteiger partial charge on any atom is 0.137 e. The summed E-state index contributed by atoms with van der Waals surface area (Å²) >= 11 is 0. The molecule has 19 heavy (non-hydrogen) atoms. The lowest BCUT2D eigenvalue weighted by Gasteiger charge is -2.20. The lowest BCUT2D eigenvalue weighted by atomic mass is 10.2. The van der Waals surface area contributed by atoms with Crippen LogP contribution >= 0.6 is 0 Å². The first kappa shape index (κ1) is 13.9. The first-order chi connectivity index (χ1) is 9.29. The number of para-hydroxylation sites is 1. The van der Waals surface area contributed by atoms with Crippen LogP contribution in [0.4, 0.5) is 0 Å². The fourth-order valence-corrected chi connectivity index (χ4v) is 2.29. The minimum Gasteiger partial charge on any atom is -0.491 e. The molecule has 1 fully saturated rings. The minimum absolute atomic E-state index is 0.609. The molecule has 1 aliphatic rings. The zero-order chi connectivity index (χ0) is 13.5. The lowest BCUT2D eigenvalue weighted by Crippen LogP contribution is -2.32. The van der Waals surface area contributed by atoms with E-state index < -0.39 is 0 Å². The van der Waals surface area contributed by atoms with Crippen LogP contribution in [-0.4, -0.2) is 56.2 Å². The van der Waals surface area contributed by atoms with Gasteiger partial charge in [-0.2, -0.15) is 5.26 Å². The maximum atomic E-state index is 8.99. The van der Waals surface area contributed by atoms with Gasteiger partial charge in [0.2, 0.25) is 0 Å². The molecule has 0 saturated carbocycles. The van der Waals surface area contributed by atoms with Crippen LogP contribution in [-0.2, 0) is 0 Å². The van der Waals surface area contributed by atoms with Crippen LogP contribution in [0.25, 0.3) is 0 Å². The van der Waals surface area contributed by atoms with Gasteiger partial charge < -0.3 is 9.64 Å². The van der Waals surface area contributed by atoms with Crippen molar-refractivity contribution in [3.8, 4) is 11.8 Å². The molecule has 0 spiro atoms. The quantitative estimate of drug-likeness (QED) is 0.823. The molecule has 1 heterocycles. The molecule has 1 saturated heterocycles. The van der Waals surface area contributed by atoms with E-state index in [1.165, 1.54) is 13.0 Å². The summed E-state index contributed by atoms with van der Waals surface area (Å²) in [6.45, 7) is 6.09. The summed E-state index contributed by atoms with van der Waals surface area (Å²) < 4.78 is 5.72. The zero-order valence-electron chi connectivity index (χ0n) is 11.5. The van der Waals surface area contributed by atoms with Gasteiger partial charge in [-0.3, -0.25) is 4.90 Å². The largest absolute Gasteiger partial charge is 0.491 e. The Hall–Kier alpha value is -1.57. The van der Waals surface area contributed by atoms with Crippen LogP contribution in [0, 0.1) is 11.3 Å². The van der Waals surface area contributed by atoms with Gasteiger partial charge in [0.15, 0.2) is 0 Å². The first-order valence-electron chi connectivity index (χ1n) is 6.82. The Kier molecular flexibility index (Phi) is 5.20. The molecule has 102 valence electrons. The van der Waals surface area contributed by atoms with Crippen molar-refractivity contribution in [2.45, 2.75) is 6.42 Å². The lowest BCUT2D eigenvalue weighted by molar-refractivity contribution is 0.212. The van der Waals surface area contributed by atoms with Gasteiger partial charge in [0.05, 0.1) is 5.56 Å². The summed E-state index contributed by atoms with van der Waals surface area (Å²) in [6, 6.07) is 9.56. The highest BCUT2D eigenvalue weighted by molar-refractivity contribution is 5.42. The predicted octanol–water partition coefficient (Wildman–Crippen LogP) is 1.57. The topological polar surface area (TPSA) is 39.5 Å². The number of likely N-dealkylation sites (N-methyl/N-ethyl adjacent to an activating group) is 1. The van der Waals surface area contributed by atoms with E-state index in [0.29, 0.717) is 17.9 Å². The number of hydrogen-bond donors (Lipinski definition) is 0. The predicted molar refractivity (Wildman–Crippen MR) is 75.2 cm³/mol. The summed E-state index contributed by atoms with van der Waals surface area (Å²) in [6.07, 6.45) is 1.21. The Morgan fingerprint density at radius 1 is 1.21 bits per heavy atom. The molecule has 0 unspecified atom stereocenters. The Morgan fingerprint density at radius 3 is 2.89 bits per heavy atom. The molecule has 1 aromatic rings. The van der Waals surface area contributed by atoms with Crippen LogP contribution in [0.3, 0.4) is 0 Å². The van der Waals surface area contributed by atoms with Crippen LogP contribution in [0.2, 0.25) is 0 Å². The smallest absolute Gasteiger partial charge is 0.137 e. The summed E-state index contributed by atoms with van der Waals surface area (Å²) in [7, 11) is 2.17. The van der Waals surface area contributed by atoms with E-state index in [-0.39, 0.29) is 0 Å². The van der Waals surface area contributed by atoms with E-state index in [4.69, 9.17) is 10.00 Å². The average molecular weight is 259 g/mol. The average Bonchev–Trinajstić information content (AvgIpc) is 2.64. The van der Waals surface area contributed by atoms with Crippen molar-refractivity contribution in [2.75, 3.05) is 46.4 Å². The summed E-state index contributed by atoms with van der Waals surface area (Å²) in [5, 5.41) is 8.99. The fraction of sp³-hybridized carbons (Fsp3) is 0.533. The van der Waals surface area contributed by atoms with E-state index in [9.17, 15) is 0 Å². The molecule has 4 nitrogen and oxygen atoms in total. The van der Waals surface area contributed by atoms with E-state index in [1.54, 1.807) is 6.07 Å². The third kappa shape index (κ3) is 4.23. The Morgan fingerprint density at radius 2 is 2.05 bits per heavy atom. The van der Waals surface area contributed by atoms with Crippen molar-refractivity contribution in [3.63, 3.8) is 0 Å². The number of rotatable bonds is 4. The van der Waals surface area contributed by atoms with Crippen LogP contribution in [0.5, 0.6) is 5.75 Å².